The number of rotatable bonds is 6. The summed E-state index contributed by atoms with van der Waals surface area (Å²) in [6, 6.07) is 4.69. The van der Waals surface area contributed by atoms with Gasteiger partial charge in [0.05, 0.1) is 36.8 Å². The van der Waals surface area contributed by atoms with Crippen LogP contribution in [-0.2, 0) is 14.3 Å². The Balaban J connectivity index is 2.12. The summed E-state index contributed by atoms with van der Waals surface area (Å²) in [6.07, 6.45) is 1.64. The van der Waals surface area contributed by atoms with Gasteiger partial charge in [0, 0.05) is 0 Å². The predicted octanol–water partition coefficient (Wildman–Crippen LogP) is 3.08. The van der Waals surface area contributed by atoms with E-state index in [1.54, 1.807) is 30.0 Å². The Hall–Kier alpha value is -2.74. The van der Waals surface area contributed by atoms with E-state index in [1.807, 2.05) is 13.0 Å². The quantitative estimate of drug-likeness (QED) is 0.538. The first-order valence-electron chi connectivity index (χ1n) is 8.72. The van der Waals surface area contributed by atoms with Crippen molar-refractivity contribution in [2.75, 3.05) is 20.8 Å². The minimum absolute atomic E-state index is 0.103. The summed E-state index contributed by atoms with van der Waals surface area (Å²) in [5, 5.41) is 0.307. The minimum atomic E-state index is -0.646. The van der Waals surface area contributed by atoms with E-state index in [9.17, 15) is 9.59 Å². The van der Waals surface area contributed by atoms with E-state index >= 15 is 0 Å². The van der Waals surface area contributed by atoms with Crippen LogP contribution in [0, 0.1) is 0 Å². The van der Waals surface area contributed by atoms with Gasteiger partial charge in [0.1, 0.15) is 6.61 Å². The number of allylic oxidation sites excluding steroid dienone is 1. The first-order chi connectivity index (χ1) is 13.4. The highest BCUT2D eigenvalue weighted by Crippen LogP contribution is 2.44. The molecule has 3 rings (SSSR count). The molecule has 1 aromatic carbocycles. The molecule has 148 valence electrons. The van der Waals surface area contributed by atoms with Crippen molar-refractivity contribution in [3.05, 3.63) is 47.7 Å². The Kier molecular flexibility index (Phi) is 5.79. The molecule has 0 spiro atoms. The van der Waals surface area contributed by atoms with Crippen molar-refractivity contribution in [3.8, 4) is 11.5 Å². The fourth-order valence-corrected chi connectivity index (χ4v) is 4.24. The molecule has 1 saturated heterocycles. The average Bonchev–Trinajstić information content (AvgIpc) is 2.97. The van der Waals surface area contributed by atoms with E-state index in [0.29, 0.717) is 40.1 Å². The molecule has 0 N–H and O–H groups in total. The van der Waals surface area contributed by atoms with E-state index in [2.05, 4.69) is 11.6 Å². The molecule has 2 aliphatic rings. The average molecular weight is 402 g/mol. The molecule has 1 aromatic rings. The van der Waals surface area contributed by atoms with Crippen molar-refractivity contribution in [2.45, 2.75) is 25.1 Å². The zero-order valence-corrected chi connectivity index (χ0v) is 17.0. The number of amides is 1. The molecule has 0 aromatic heterocycles. The van der Waals surface area contributed by atoms with Gasteiger partial charge in [-0.3, -0.25) is 9.69 Å². The van der Waals surface area contributed by atoms with Crippen LogP contribution >= 0.6 is 11.8 Å². The van der Waals surface area contributed by atoms with Crippen molar-refractivity contribution >= 4 is 28.8 Å². The Morgan fingerprint density at radius 1 is 1.36 bits per heavy atom. The molecule has 8 heteroatoms. The summed E-state index contributed by atoms with van der Waals surface area (Å²) in [5.74, 6) is 0.423. The molecule has 1 amide bonds. The van der Waals surface area contributed by atoms with Crippen LogP contribution in [0.15, 0.2) is 47.1 Å². The number of esters is 1. The van der Waals surface area contributed by atoms with Gasteiger partial charge < -0.3 is 14.2 Å². The van der Waals surface area contributed by atoms with E-state index in [-0.39, 0.29) is 11.2 Å². The number of hydrogen-bond donors (Lipinski definition) is 0. The van der Waals surface area contributed by atoms with E-state index in [0.717, 1.165) is 0 Å². The van der Waals surface area contributed by atoms with Crippen LogP contribution in [0.3, 0.4) is 0 Å². The van der Waals surface area contributed by atoms with Crippen molar-refractivity contribution in [2.24, 2.45) is 4.99 Å². The molecular formula is C20H22N2O5S. The van der Waals surface area contributed by atoms with E-state index < -0.39 is 12.0 Å². The lowest BCUT2D eigenvalue weighted by atomic mass is 9.94. The molecule has 2 aliphatic heterocycles. The maximum atomic E-state index is 12.8. The fourth-order valence-electron chi connectivity index (χ4n) is 3.21. The Bertz CT molecular complexity index is 893. The molecule has 0 saturated carbocycles. The number of ether oxygens (including phenoxy) is 3. The van der Waals surface area contributed by atoms with Crippen LogP contribution in [0.4, 0.5) is 0 Å². The number of thioether (sulfide) groups is 1. The van der Waals surface area contributed by atoms with Crippen LogP contribution < -0.4 is 9.47 Å². The van der Waals surface area contributed by atoms with Crippen LogP contribution in [0.5, 0.6) is 11.5 Å². The monoisotopic (exact) mass is 402 g/mol. The fraction of sp³-hybridized carbons (Fsp3) is 0.350. The third kappa shape index (κ3) is 3.40. The maximum Gasteiger partial charge on any atom is 0.338 e. The zero-order chi connectivity index (χ0) is 20.4. The lowest BCUT2D eigenvalue weighted by Gasteiger charge is -2.33. The highest BCUT2D eigenvalue weighted by Gasteiger charge is 2.46. The van der Waals surface area contributed by atoms with Crippen molar-refractivity contribution in [1.82, 2.24) is 4.90 Å². The second-order valence-corrected chi connectivity index (χ2v) is 7.57. The number of hydrogen-bond acceptors (Lipinski definition) is 7. The van der Waals surface area contributed by atoms with Crippen molar-refractivity contribution < 1.29 is 23.8 Å². The molecule has 7 nitrogen and oxygen atoms in total. The number of carbonyl (C=O) groups is 2. The van der Waals surface area contributed by atoms with Gasteiger partial charge in [0.2, 0.25) is 5.91 Å². The van der Waals surface area contributed by atoms with Gasteiger partial charge in [0.25, 0.3) is 0 Å². The number of benzene rings is 1. The van der Waals surface area contributed by atoms with Gasteiger partial charge in [-0.1, -0.05) is 30.5 Å². The third-order valence-corrected chi connectivity index (χ3v) is 5.58. The van der Waals surface area contributed by atoms with Gasteiger partial charge in [-0.25, -0.2) is 9.79 Å². The number of methoxy groups -OCH3 is 2. The standard InChI is InChI=1S/C20H22N2O5S/c1-6-9-27-14-8-7-13(10-15(14)25-4)17-16(19(24)26-5)11(2)21-20-22(17)18(23)12(3)28-20/h6-8,10,12,17H,1,9H2,2-5H3. The highest BCUT2D eigenvalue weighted by molar-refractivity contribution is 8.15. The molecule has 0 radical (unpaired) electrons. The highest BCUT2D eigenvalue weighted by atomic mass is 32.2. The molecule has 0 bridgehead atoms. The molecule has 28 heavy (non-hydrogen) atoms. The van der Waals surface area contributed by atoms with E-state index in [4.69, 9.17) is 14.2 Å². The zero-order valence-electron chi connectivity index (χ0n) is 16.2. The Morgan fingerprint density at radius 3 is 2.75 bits per heavy atom. The summed E-state index contributed by atoms with van der Waals surface area (Å²) < 4.78 is 16.0. The Morgan fingerprint density at radius 2 is 2.11 bits per heavy atom. The molecule has 2 atom stereocenters. The van der Waals surface area contributed by atoms with Gasteiger partial charge in [-0.15, -0.1) is 0 Å². The van der Waals surface area contributed by atoms with Crippen LogP contribution in [0.1, 0.15) is 25.5 Å². The normalized spacial score (nSPS) is 21.2. The first kappa shape index (κ1) is 20.0. The van der Waals surface area contributed by atoms with Crippen LogP contribution in [0.25, 0.3) is 0 Å². The second kappa shape index (κ2) is 8.10. The number of nitrogens with zero attached hydrogens (tertiary/aromatic N) is 2. The topological polar surface area (TPSA) is 77.4 Å². The summed E-state index contributed by atoms with van der Waals surface area (Å²) in [4.78, 5) is 31.4. The van der Waals surface area contributed by atoms with Gasteiger partial charge in [0.15, 0.2) is 16.7 Å². The number of fused-ring (bicyclic) bond motifs is 1. The van der Waals surface area contributed by atoms with Crippen molar-refractivity contribution in [3.63, 3.8) is 0 Å². The van der Waals surface area contributed by atoms with Crippen molar-refractivity contribution in [1.29, 1.82) is 0 Å². The molecular weight excluding hydrogens is 380 g/mol. The number of amidine groups is 1. The SMILES string of the molecule is C=CCOc1ccc(C2C(C(=O)OC)=C(C)N=C3SC(C)C(=O)N32)cc1OC. The Labute approximate surface area is 168 Å². The lowest BCUT2D eigenvalue weighted by Crippen LogP contribution is -2.40. The number of carbonyl (C=O) groups excluding carboxylic acids is 2. The molecule has 1 fully saturated rings. The molecule has 2 heterocycles. The van der Waals surface area contributed by atoms with Gasteiger partial charge >= 0.3 is 5.97 Å². The second-order valence-electron chi connectivity index (χ2n) is 6.27. The van der Waals surface area contributed by atoms with Crippen LogP contribution in [0.2, 0.25) is 0 Å². The summed E-state index contributed by atoms with van der Waals surface area (Å²) in [5.41, 5.74) is 1.57. The lowest BCUT2D eigenvalue weighted by molar-refractivity contribution is -0.137. The maximum absolute atomic E-state index is 12.8. The summed E-state index contributed by atoms with van der Waals surface area (Å²) in [7, 11) is 2.85. The largest absolute Gasteiger partial charge is 0.493 e. The summed E-state index contributed by atoms with van der Waals surface area (Å²) >= 11 is 1.38. The summed E-state index contributed by atoms with van der Waals surface area (Å²) in [6.45, 7) is 7.54. The third-order valence-electron chi connectivity index (χ3n) is 4.52. The van der Waals surface area contributed by atoms with Gasteiger partial charge in [-0.2, -0.15) is 0 Å². The molecule has 2 unspecified atom stereocenters. The minimum Gasteiger partial charge on any atom is -0.493 e. The first-order valence-corrected chi connectivity index (χ1v) is 9.60. The smallest absolute Gasteiger partial charge is 0.338 e. The van der Waals surface area contributed by atoms with Crippen LogP contribution in [-0.4, -0.2) is 48.0 Å². The predicted molar refractivity (Wildman–Crippen MR) is 107 cm³/mol. The number of aliphatic imine (C=N–C) groups is 1. The molecule has 0 aliphatic carbocycles. The van der Waals surface area contributed by atoms with E-state index in [1.165, 1.54) is 26.0 Å². The van der Waals surface area contributed by atoms with Gasteiger partial charge in [-0.05, 0) is 31.5 Å².